The molecule has 3 aromatic rings. The van der Waals surface area contributed by atoms with Gasteiger partial charge in [-0.2, -0.15) is 0 Å². The number of esters is 1. The number of benzene rings is 1. The van der Waals surface area contributed by atoms with Gasteiger partial charge < -0.3 is 9.64 Å². The van der Waals surface area contributed by atoms with Crippen molar-refractivity contribution in [1.29, 1.82) is 0 Å². The fourth-order valence-electron chi connectivity index (χ4n) is 3.75. The number of hydrogen-bond acceptors (Lipinski definition) is 5. The molecule has 9 heteroatoms. The number of carbonyl (C=O) groups is 2. The lowest BCUT2D eigenvalue weighted by Gasteiger charge is -2.31. The van der Waals surface area contributed by atoms with E-state index in [0.29, 0.717) is 31.6 Å². The maximum atomic E-state index is 13.0. The summed E-state index contributed by atoms with van der Waals surface area (Å²) in [7, 11) is 0. The Bertz CT molecular complexity index is 1140. The predicted octanol–water partition coefficient (Wildman–Crippen LogP) is 1.66. The highest BCUT2D eigenvalue weighted by molar-refractivity contribution is 5.80. The smallest absolute Gasteiger partial charge is 0.350 e. The Morgan fingerprint density at radius 2 is 1.97 bits per heavy atom. The Hall–Kier alpha value is -3.49. The first kappa shape index (κ1) is 20.8. The van der Waals surface area contributed by atoms with Crippen molar-refractivity contribution in [3.63, 3.8) is 0 Å². The number of amides is 1. The lowest BCUT2D eigenvalue weighted by Crippen LogP contribution is -2.43. The van der Waals surface area contributed by atoms with Crippen LogP contribution in [0.25, 0.3) is 5.65 Å². The SMILES string of the molecule is O=C(OCCn1nc2ccccn2c1=O)C1CCCN(C(=O)Cc2ccc(F)cc2)C1. The largest absolute Gasteiger partial charge is 0.463 e. The third-order valence-electron chi connectivity index (χ3n) is 5.41. The van der Waals surface area contributed by atoms with E-state index >= 15 is 0 Å². The van der Waals surface area contributed by atoms with E-state index in [9.17, 15) is 18.8 Å². The summed E-state index contributed by atoms with van der Waals surface area (Å²) in [6.07, 6.45) is 3.15. The molecule has 1 atom stereocenters. The molecule has 0 saturated carbocycles. The lowest BCUT2D eigenvalue weighted by molar-refractivity contribution is -0.152. The predicted molar refractivity (Wildman–Crippen MR) is 110 cm³/mol. The van der Waals surface area contributed by atoms with Crippen LogP contribution in [-0.4, -0.2) is 50.7 Å². The van der Waals surface area contributed by atoms with E-state index in [1.807, 2.05) is 0 Å². The van der Waals surface area contributed by atoms with Crippen LogP contribution >= 0.6 is 0 Å². The number of piperidine rings is 1. The molecule has 1 saturated heterocycles. The number of halogens is 1. The Kier molecular flexibility index (Phi) is 6.11. The van der Waals surface area contributed by atoms with Crippen molar-refractivity contribution in [2.24, 2.45) is 5.92 Å². The number of ether oxygens (including phenoxy) is 1. The van der Waals surface area contributed by atoms with Crippen LogP contribution in [0.1, 0.15) is 18.4 Å². The zero-order valence-corrected chi connectivity index (χ0v) is 16.9. The van der Waals surface area contributed by atoms with Crippen LogP contribution in [0.15, 0.2) is 53.5 Å². The molecule has 1 aliphatic heterocycles. The molecule has 0 aliphatic carbocycles. The maximum absolute atomic E-state index is 13.0. The highest BCUT2D eigenvalue weighted by Gasteiger charge is 2.29. The third kappa shape index (κ3) is 4.82. The minimum Gasteiger partial charge on any atom is -0.463 e. The number of rotatable bonds is 6. The summed E-state index contributed by atoms with van der Waals surface area (Å²) in [6.45, 7) is 1.07. The minimum absolute atomic E-state index is 0.0304. The van der Waals surface area contributed by atoms with Crippen LogP contribution in [0.2, 0.25) is 0 Å². The highest BCUT2D eigenvalue weighted by Crippen LogP contribution is 2.19. The molecule has 8 nitrogen and oxygen atoms in total. The molecule has 1 unspecified atom stereocenters. The summed E-state index contributed by atoms with van der Waals surface area (Å²) in [5, 5.41) is 4.20. The van der Waals surface area contributed by atoms with Crippen LogP contribution < -0.4 is 5.69 Å². The van der Waals surface area contributed by atoms with E-state index in [2.05, 4.69) is 5.10 Å². The average Bonchev–Trinajstić information content (AvgIpc) is 3.11. The molecule has 162 valence electrons. The standard InChI is InChI=1S/C22H23FN4O4/c23-18-8-6-16(7-9-18)14-20(28)25-10-3-4-17(15-25)21(29)31-13-12-27-22(30)26-11-2-1-5-19(26)24-27/h1-2,5-9,11,17H,3-4,10,12-15H2. The molecule has 0 spiro atoms. The van der Waals surface area contributed by atoms with Gasteiger partial charge in [0.2, 0.25) is 5.91 Å². The number of hydrogen-bond donors (Lipinski definition) is 0. The summed E-state index contributed by atoms with van der Waals surface area (Å²) >= 11 is 0. The van der Waals surface area contributed by atoms with E-state index in [4.69, 9.17) is 4.74 Å². The average molecular weight is 426 g/mol. The molecule has 0 bridgehead atoms. The van der Waals surface area contributed by atoms with E-state index in [0.717, 1.165) is 5.56 Å². The van der Waals surface area contributed by atoms with Gasteiger partial charge in [0.25, 0.3) is 0 Å². The maximum Gasteiger partial charge on any atom is 0.350 e. The van der Waals surface area contributed by atoms with Crippen molar-refractivity contribution in [1.82, 2.24) is 19.1 Å². The van der Waals surface area contributed by atoms with Crippen molar-refractivity contribution < 1.29 is 18.7 Å². The Morgan fingerprint density at radius 1 is 1.16 bits per heavy atom. The second kappa shape index (κ2) is 9.11. The van der Waals surface area contributed by atoms with Gasteiger partial charge in [0.15, 0.2) is 5.65 Å². The topological polar surface area (TPSA) is 85.9 Å². The first-order valence-corrected chi connectivity index (χ1v) is 10.2. The molecule has 3 heterocycles. The van der Waals surface area contributed by atoms with E-state index in [-0.39, 0.29) is 43.0 Å². The van der Waals surface area contributed by atoms with Crippen molar-refractivity contribution in [3.05, 3.63) is 70.5 Å². The second-order valence-corrected chi connectivity index (χ2v) is 7.58. The summed E-state index contributed by atoms with van der Waals surface area (Å²) in [6, 6.07) is 11.1. The zero-order valence-electron chi connectivity index (χ0n) is 16.9. The molecule has 31 heavy (non-hydrogen) atoms. The molecular formula is C22H23FN4O4. The van der Waals surface area contributed by atoms with Gasteiger partial charge in [-0.25, -0.2) is 13.9 Å². The number of carbonyl (C=O) groups excluding carboxylic acids is 2. The third-order valence-corrected chi connectivity index (χ3v) is 5.41. The highest BCUT2D eigenvalue weighted by atomic mass is 19.1. The molecular weight excluding hydrogens is 403 g/mol. The van der Waals surface area contributed by atoms with Crippen LogP contribution in [0.4, 0.5) is 4.39 Å². The van der Waals surface area contributed by atoms with Crippen LogP contribution in [0.5, 0.6) is 0 Å². The normalized spacial score (nSPS) is 16.4. The quantitative estimate of drug-likeness (QED) is 0.560. The number of pyridine rings is 1. The first-order valence-electron chi connectivity index (χ1n) is 10.2. The summed E-state index contributed by atoms with van der Waals surface area (Å²) in [4.78, 5) is 39.0. The van der Waals surface area contributed by atoms with Gasteiger partial charge in [-0.1, -0.05) is 18.2 Å². The van der Waals surface area contributed by atoms with Crippen LogP contribution in [0.3, 0.4) is 0 Å². The lowest BCUT2D eigenvalue weighted by atomic mass is 9.97. The van der Waals surface area contributed by atoms with Gasteiger partial charge >= 0.3 is 11.7 Å². The summed E-state index contributed by atoms with van der Waals surface area (Å²) in [5.41, 5.74) is 0.970. The molecule has 1 aliphatic rings. The number of fused-ring (bicyclic) bond motifs is 1. The first-order chi connectivity index (χ1) is 15.0. The van der Waals surface area contributed by atoms with Crippen molar-refractivity contribution in [2.75, 3.05) is 19.7 Å². The van der Waals surface area contributed by atoms with Gasteiger partial charge in [0, 0.05) is 19.3 Å². The summed E-state index contributed by atoms with van der Waals surface area (Å²) < 4.78 is 21.1. The fourth-order valence-corrected chi connectivity index (χ4v) is 3.75. The second-order valence-electron chi connectivity index (χ2n) is 7.58. The van der Waals surface area contributed by atoms with Gasteiger partial charge in [0.05, 0.1) is 18.9 Å². The van der Waals surface area contributed by atoms with E-state index in [1.54, 1.807) is 41.4 Å². The van der Waals surface area contributed by atoms with Gasteiger partial charge in [0.1, 0.15) is 12.4 Å². The molecule has 1 amide bonds. The Balaban J connectivity index is 1.29. The van der Waals surface area contributed by atoms with Crippen LogP contribution in [-0.2, 0) is 27.3 Å². The zero-order chi connectivity index (χ0) is 21.8. The monoisotopic (exact) mass is 426 g/mol. The van der Waals surface area contributed by atoms with Crippen molar-refractivity contribution in [3.8, 4) is 0 Å². The van der Waals surface area contributed by atoms with Crippen molar-refractivity contribution in [2.45, 2.75) is 25.8 Å². The molecule has 1 fully saturated rings. The Morgan fingerprint density at radius 3 is 2.74 bits per heavy atom. The number of aromatic nitrogens is 3. The molecule has 4 rings (SSSR count). The summed E-state index contributed by atoms with van der Waals surface area (Å²) in [5.74, 6) is -1.22. The van der Waals surface area contributed by atoms with E-state index in [1.165, 1.54) is 21.2 Å². The fraction of sp³-hybridized carbons (Fsp3) is 0.364. The Labute approximate surface area is 177 Å². The minimum atomic E-state index is -0.399. The number of nitrogens with zero attached hydrogens (tertiary/aromatic N) is 4. The van der Waals surface area contributed by atoms with Gasteiger partial charge in [-0.3, -0.25) is 14.0 Å². The van der Waals surface area contributed by atoms with Gasteiger partial charge in [-0.15, -0.1) is 5.10 Å². The molecule has 0 N–H and O–H groups in total. The molecule has 2 aromatic heterocycles. The molecule has 0 radical (unpaired) electrons. The van der Waals surface area contributed by atoms with Crippen molar-refractivity contribution >= 4 is 17.5 Å². The van der Waals surface area contributed by atoms with Crippen LogP contribution in [0, 0.1) is 11.7 Å². The molecule has 1 aromatic carbocycles. The van der Waals surface area contributed by atoms with Gasteiger partial charge in [-0.05, 0) is 42.7 Å². The van der Waals surface area contributed by atoms with E-state index < -0.39 is 5.92 Å². The number of likely N-dealkylation sites (tertiary alicyclic amines) is 1.